The van der Waals surface area contributed by atoms with E-state index >= 15 is 0 Å². The van der Waals surface area contributed by atoms with E-state index in [1.807, 2.05) is 19.1 Å². The Kier molecular flexibility index (Phi) is 8.28. The Labute approximate surface area is 218 Å². The summed E-state index contributed by atoms with van der Waals surface area (Å²) in [5.74, 6) is -2.01. The number of oxime groups is 1. The molecule has 0 aromatic carbocycles. The average molecular weight is 547 g/mol. The summed E-state index contributed by atoms with van der Waals surface area (Å²) >= 11 is 3.75. The van der Waals surface area contributed by atoms with Crippen LogP contribution >= 0.6 is 34.9 Å². The van der Waals surface area contributed by atoms with Crippen molar-refractivity contribution in [2.75, 3.05) is 18.1 Å². The van der Waals surface area contributed by atoms with Crippen molar-refractivity contribution in [2.24, 2.45) is 5.16 Å². The number of thioether (sulfide) groups is 2. The first-order chi connectivity index (χ1) is 17.4. The van der Waals surface area contributed by atoms with Crippen molar-refractivity contribution in [1.29, 1.82) is 0 Å². The second kappa shape index (κ2) is 11.6. The predicted molar refractivity (Wildman–Crippen MR) is 140 cm³/mol. The number of rotatable bonds is 10. The zero-order chi connectivity index (χ0) is 25.7. The lowest BCUT2D eigenvalue weighted by Gasteiger charge is -2.49. The van der Waals surface area contributed by atoms with Crippen LogP contribution in [0.3, 0.4) is 0 Å². The average Bonchev–Trinajstić information content (AvgIpc) is 3.30. The Bertz CT molecular complexity index is 1250. The number of fused-ring (bicyclic) bond motifs is 1. The lowest BCUT2D eigenvalue weighted by molar-refractivity contribution is -0.150. The third kappa shape index (κ3) is 5.55. The molecule has 0 saturated carbocycles. The number of anilines is 1. The van der Waals surface area contributed by atoms with Gasteiger partial charge in [-0.2, -0.15) is 0 Å². The van der Waals surface area contributed by atoms with Crippen LogP contribution in [-0.4, -0.2) is 67.2 Å². The summed E-state index contributed by atoms with van der Waals surface area (Å²) in [4.78, 5) is 53.1. The zero-order valence-electron chi connectivity index (χ0n) is 19.0. The first kappa shape index (κ1) is 25.7. The van der Waals surface area contributed by atoms with Crippen LogP contribution < -0.4 is 11.1 Å². The first-order valence-electron chi connectivity index (χ1n) is 10.8. The van der Waals surface area contributed by atoms with Gasteiger partial charge in [0.2, 0.25) is 0 Å². The maximum Gasteiger partial charge on any atom is 0.353 e. The van der Waals surface area contributed by atoms with E-state index in [0.717, 1.165) is 16.9 Å². The Hall–Kier alpha value is -3.36. The molecule has 4 N–H and O–H groups in total. The summed E-state index contributed by atoms with van der Waals surface area (Å²) in [6.45, 7) is 2.19. The Morgan fingerprint density at radius 1 is 1.47 bits per heavy atom. The minimum Gasteiger partial charge on any atom is -0.477 e. The van der Waals surface area contributed by atoms with Crippen LogP contribution in [0.5, 0.6) is 0 Å². The topological polar surface area (TPSA) is 160 Å². The van der Waals surface area contributed by atoms with E-state index in [1.165, 1.54) is 28.4 Å². The summed E-state index contributed by atoms with van der Waals surface area (Å²) < 4.78 is 0. The monoisotopic (exact) mass is 546 g/mol. The zero-order valence-corrected chi connectivity index (χ0v) is 21.4. The number of amides is 2. The SMILES string of the molecule is CCCO/N=C(\C(=O)NC1C(=O)N2C(C(=O)O)=C(S/C=C\c3cccnc3)CS[C@H]12)c1csc(N)n1. The molecule has 14 heteroatoms. The summed E-state index contributed by atoms with van der Waals surface area (Å²) in [6.07, 6.45) is 5.85. The quantitative estimate of drug-likeness (QED) is 0.175. The highest BCUT2D eigenvalue weighted by atomic mass is 32.2. The summed E-state index contributed by atoms with van der Waals surface area (Å²) in [6, 6.07) is 2.76. The molecule has 2 aromatic rings. The van der Waals surface area contributed by atoms with Gasteiger partial charge in [0.25, 0.3) is 11.8 Å². The number of hydrogen-bond acceptors (Lipinski definition) is 11. The van der Waals surface area contributed by atoms with Crippen molar-refractivity contribution in [3.63, 3.8) is 0 Å². The van der Waals surface area contributed by atoms with Gasteiger partial charge >= 0.3 is 5.97 Å². The number of carbonyl (C=O) groups excluding carboxylic acids is 2. The maximum atomic E-state index is 13.0. The fourth-order valence-corrected chi connectivity index (χ4v) is 6.27. The van der Waals surface area contributed by atoms with Crippen molar-refractivity contribution in [2.45, 2.75) is 24.8 Å². The molecule has 1 unspecified atom stereocenters. The maximum absolute atomic E-state index is 13.0. The van der Waals surface area contributed by atoms with Gasteiger partial charge < -0.3 is 21.0 Å². The van der Waals surface area contributed by atoms with Gasteiger partial charge in [-0.15, -0.1) is 23.1 Å². The van der Waals surface area contributed by atoms with Gasteiger partial charge in [-0.25, -0.2) is 9.78 Å². The molecule has 36 heavy (non-hydrogen) atoms. The van der Waals surface area contributed by atoms with E-state index in [9.17, 15) is 19.5 Å². The number of nitrogen functional groups attached to an aromatic ring is 1. The van der Waals surface area contributed by atoms with Crippen LogP contribution in [0.15, 0.2) is 51.1 Å². The molecule has 2 aliphatic rings. The molecule has 0 spiro atoms. The van der Waals surface area contributed by atoms with Gasteiger partial charge in [-0.05, 0) is 29.5 Å². The van der Waals surface area contributed by atoms with Crippen molar-refractivity contribution in [3.05, 3.63) is 57.2 Å². The molecular formula is C22H22N6O5S3. The molecule has 4 rings (SSSR count). The highest BCUT2D eigenvalue weighted by Gasteiger charge is 2.54. The molecule has 2 amide bonds. The van der Waals surface area contributed by atoms with Gasteiger partial charge in [0.15, 0.2) is 10.8 Å². The summed E-state index contributed by atoms with van der Waals surface area (Å²) in [5.41, 5.74) is 6.61. The number of nitrogens with two attached hydrogens (primary N) is 1. The standard InChI is InChI=1S/C22H22N6O5S3/c1-2-7-33-27-15(13-10-36-22(23)25-13)18(29)26-16-19(30)28-17(21(31)32)14(11-35-20(16)28)34-8-5-12-4-3-6-24-9-12/h3-6,8-10,16,20H,2,7,11H2,1H3,(H2,23,25)(H,26,29)(H,31,32)/b8-5-,27-15-/t16?,20-/m1/s1. The largest absolute Gasteiger partial charge is 0.477 e. The molecule has 2 aromatic heterocycles. The lowest BCUT2D eigenvalue weighted by Crippen LogP contribution is -2.71. The number of thiazole rings is 1. The molecule has 0 bridgehead atoms. The molecule has 2 aliphatic heterocycles. The van der Waals surface area contributed by atoms with E-state index in [1.54, 1.807) is 29.2 Å². The molecular weight excluding hydrogens is 524 g/mol. The minimum atomic E-state index is -1.20. The Balaban J connectivity index is 1.48. The molecule has 0 aliphatic carbocycles. The van der Waals surface area contributed by atoms with Crippen LogP contribution in [0.4, 0.5) is 5.13 Å². The summed E-state index contributed by atoms with van der Waals surface area (Å²) in [5, 5.41) is 19.4. The number of aromatic nitrogens is 2. The lowest BCUT2D eigenvalue weighted by atomic mass is 10.0. The van der Waals surface area contributed by atoms with Crippen LogP contribution in [0.25, 0.3) is 6.08 Å². The van der Waals surface area contributed by atoms with E-state index in [2.05, 4.69) is 20.4 Å². The Morgan fingerprint density at radius 3 is 2.97 bits per heavy atom. The molecule has 11 nitrogen and oxygen atoms in total. The Morgan fingerprint density at radius 2 is 2.31 bits per heavy atom. The fourth-order valence-electron chi connectivity index (χ4n) is 3.36. The van der Waals surface area contributed by atoms with Crippen LogP contribution in [0.1, 0.15) is 24.6 Å². The van der Waals surface area contributed by atoms with Crippen molar-refractivity contribution < 1.29 is 24.3 Å². The molecule has 1 saturated heterocycles. The van der Waals surface area contributed by atoms with E-state index < -0.39 is 29.2 Å². The highest BCUT2D eigenvalue weighted by Crippen LogP contribution is 2.43. The number of nitrogens with one attached hydrogen (secondary N) is 1. The smallest absolute Gasteiger partial charge is 0.353 e. The third-order valence-corrected chi connectivity index (χ3v) is 8.04. The van der Waals surface area contributed by atoms with Gasteiger partial charge in [0, 0.05) is 28.4 Å². The number of carboxylic acid groups (broad SMARTS) is 1. The number of aliphatic carboxylic acids is 1. The van der Waals surface area contributed by atoms with E-state index in [0.29, 0.717) is 23.7 Å². The molecule has 1 fully saturated rings. The van der Waals surface area contributed by atoms with Crippen molar-refractivity contribution >= 4 is 69.6 Å². The fraction of sp³-hybridized carbons (Fsp3) is 0.273. The second-order valence-electron chi connectivity index (χ2n) is 7.49. The van der Waals surface area contributed by atoms with E-state index in [4.69, 9.17) is 10.6 Å². The second-order valence-corrected chi connectivity index (χ2v) is 10.5. The van der Waals surface area contributed by atoms with Crippen LogP contribution in [0.2, 0.25) is 0 Å². The summed E-state index contributed by atoms with van der Waals surface area (Å²) in [7, 11) is 0. The van der Waals surface area contributed by atoms with Crippen LogP contribution in [-0.2, 0) is 19.2 Å². The normalized spacial score (nSPS) is 19.8. The van der Waals surface area contributed by atoms with Gasteiger partial charge in [-0.3, -0.25) is 19.5 Å². The predicted octanol–water partition coefficient (Wildman–Crippen LogP) is 2.35. The first-order valence-corrected chi connectivity index (χ1v) is 13.6. The van der Waals surface area contributed by atoms with Gasteiger partial charge in [-0.1, -0.05) is 29.9 Å². The van der Waals surface area contributed by atoms with Crippen LogP contribution in [0, 0.1) is 0 Å². The van der Waals surface area contributed by atoms with Crippen molar-refractivity contribution in [1.82, 2.24) is 20.2 Å². The van der Waals surface area contributed by atoms with Gasteiger partial charge in [0.05, 0.1) is 0 Å². The molecule has 4 heterocycles. The molecule has 188 valence electrons. The van der Waals surface area contributed by atoms with Crippen molar-refractivity contribution in [3.8, 4) is 0 Å². The van der Waals surface area contributed by atoms with E-state index in [-0.39, 0.29) is 22.2 Å². The molecule has 2 atom stereocenters. The number of carboxylic acids is 1. The number of carbonyl (C=O) groups is 3. The molecule has 0 radical (unpaired) electrons. The number of hydrogen-bond donors (Lipinski definition) is 3. The minimum absolute atomic E-state index is 0.0810. The number of nitrogens with zero attached hydrogens (tertiary/aromatic N) is 4. The number of β-lactam (4-membered cyclic amide) rings is 1. The third-order valence-electron chi connectivity index (χ3n) is 5.01. The van der Waals surface area contributed by atoms with Gasteiger partial charge in [0.1, 0.15) is 29.4 Å². The highest BCUT2D eigenvalue weighted by molar-refractivity contribution is 8.08. The number of pyridine rings is 1.